The SMILES string of the molecule is CN1Cc2cc(CC3CC3)nn2C(C)(C)C1. The van der Waals surface area contributed by atoms with E-state index in [2.05, 4.69) is 36.5 Å². The summed E-state index contributed by atoms with van der Waals surface area (Å²) in [4.78, 5) is 2.39. The van der Waals surface area contributed by atoms with Gasteiger partial charge in [-0.15, -0.1) is 0 Å². The molecule has 0 atom stereocenters. The monoisotopic (exact) mass is 219 g/mol. The van der Waals surface area contributed by atoms with Crippen molar-refractivity contribution in [3.63, 3.8) is 0 Å². The van der Waals surface area contributed by atoms with Gasteiger partial charge in [0.15, 0.2) is 0 Å². The molecule has 3 rings (SSSR count). The second-order valence-electron chi connectivity index (χ2n) is 6.17. The molecule has 0 amide bonds. The second kappa shape index (κ2) is 3.33. The van der Waals surface area contributed by atoms with E-state index in [1.807, 2.05) is 0 Å². The van der Waals surface area contributed by atoms with Crippen LogP contribution in [-0.4, -0.2) is 28.3 Å². The average Bonchev–Trinajstić information content (AvgIpc) is 2.84. The first-order valence-electron chi connectivity index (χ1n) is 6.31. The Kier molecular flexibility index (Phi) is 2.15. The lowest BCUT2D eigenvalue weighted by Gasteiger charge is -2.37. The number of aromatic nitrogens is 2. The smallest absolute Gasteiger partial charge is 0.0701 e. The average molecular weight is 219 g/mol. The fraction of sp³-hybridized carbons (Fsp3) is 0.769. The van der Waals surface area contributed by atoms with Crippen molar-refractivity contribution in [1.29, 1.82) is 0 Å². The van der Waals surface area contributed by atoms with Gasteiger partial charge in [-0.25, -0.2) is 0 Å². The normalized spacial score (nSPS) is 24.4. The van der Waals surface area contributed by atoms with Crippen molar-refractivity contribution in [3.8, 4) is 0 Å². The number of likely N-dealkylation sites (N-methyl/N-ethyl adjacent to an activating group) is 1. The van der Waals surface area contributed by atoms with E-state index in [0.717, 1.165) is 19.0 Å². The highest BCUT2D eigenvalue weighted by Crippen LogP contribution is 2.33. The van der Waals surface area contributed by atoms with Crippen LogP contribution in [0.1, 0.15) is 38.1 Å². The van der Waals surface area contributed by atoms with E-state index in [9.17, 15) is 0 Å². The molecule has 0 saturated heterocycles. The maximum atomic E-state index is 4.81. The van der Waals surface area contributed by atoms with E-state index in [4.69, 9.17) is 5.10 Å². The van der Waals surface area contributed by atoms with Gasteiger partial charge in [-0.2, -0.15) is 5.10 Å². The lowest BCUT2D eigenvalue weighted by atomic mass is 10.0. The van der Waals surface area contributed by atoms with Crippen molar-refractivity contribution < 1.29 is 0 Å². The largest absolute Gasteiger partial charge is 0.298 e. The third-order valence-corrected chi connectivity index (χ3v) is 3.69. The van der Waals surface area contributed by atoms with E-state index >= 15 is 0 Å². The summed E-state index contributed by atoms with van der Waals surface area (Å²) in [6.45, 7) is 6.69. The van der Waals surface area contributed by atoms with Crippen LogP contribution in [0.4, 0.5) is 0 Å². The Morgan fingerprint density at radius 1 is 1.44 bits per heavy atom. The van der Waals surface area contributed by atoms with Gasteiger partial charge in [-0.1, -0.05) is 0 Å². The fourth-order valence-electron chi connectivity index (χ4n) is 2.89. The molecule has 0 aromatic carbocycles. The van der Waals surface area contributed by atoms with Gasteiger partial charge in [0.05, 0.1) is 16.9 Å². The molecular formula is C13H21N3. The zero-order valence-corrected chi connectivity index (χ0v) is 10.5. The Morgan fingerprint density at radius 3 is 2.88 bits per heavy atom. The van der Waals surface area contributed by atoms with Crippen molar-refractivity contribution >= 4 is 0 Å². The van der Waals surface area contributed by atoms with Crippen molar-refractivity contribution in [2.75, 3.05) is 13.6 Å². The summed E-state index contributed by atoms with van der Waals surface area (Å²) >= 11 is 0. The molecule has 0 unspecified atom stereocenters. The van der Waals surface area contributed by atoms with E-state index in [-0.39, 0.29) is 5.54 Å². The van der Waals surface area contributed by atoms with Crippen LogP contribution >= 0.6 is 0 Å². The minimum Gasteiger partial charge on any atom is -0.298 e. The van der Waals surface area contributed by atoms with Crippen LogP contribution < -0.4 is 0 Å². The lowest BCUT2D eigenvalue weighted by molar-refractivity contribution is 0.145. The van der Waals surface area contributed by atoms with Crippen LogP contribution in [0.3, 0.4) is 0 Å². The van der Waals surface area contributed by atoms with Crippen LogP contribution in [-0.2, 0) is 18.5 Å². The van der Waals surface area contributed by atoms with Gasteiger partial charge >= 0.3 is 0 Å². The highest BCUT2D eigenvalue weighted by atomic mass is 15.4. The summed E-state index contributed by atoms with van der Waals surface area (Å²) in [6.07, 6.45) is 4.01. The highest BCUT2D eigenvalue weighted by molar-refractivity contribution is 5.16. The highest BCUT2D eigenvalue weighted by Gasteiger charge is 2.32. The van der Waals surface area contributed by atoms with Crippen molar-refractivity contribution in [1.82, 2.24) is 14.7 Å². The molecule has 3 nitrogen and oxygen atoms in total. The first-order chi connectivity index (χ1) is 7.54. The summed E-state index contributed by atoms with van der Waals surface area (Å²) in [5.74, 6) is 0.929. The predicted molar refractivity (Wildman–Crippen MR) is 64.3 cm³/mol. The second-order valence-corrected chi connectivity index (χ2v) is 6.17. The van der Waals surface area contributed by atoms with E-state index in [1.165, 1.54) is 30.7 Å². The summed E-state index contributed by atoms with van der Waals surface area (Å²) in [7, 11) is 2.19. The number of hydrogen-bond acceptors (Lipinski definition) is 2. The Labute approximate surface area is 97.4 Å². The number of rotatable bonds is 2. The number of nitrogens with zero attached hydrogens (tertiary/aromatic N) is 3. The Bertz CT molecular complexity index is 401. The van der Waals surface area contributed by atoms with Crippen LogP contribution in [0.5, 0.6) is 0 Å². The Hall–Kier alpha value is -0.830. The predicted octanol–water partition coefficient (Wildman–Crippen LogP) is 2.02. The summed E-state index contributed by atoms with van der Waals surface area (Å²) in [5, 5.41) is 4.81. The molecule has 1 saturated carbocycles. The van der Waals surface area contributed by atoms with Crippen LogP contribution in [0.2, 0.25) is 0 Å². The maximum absolute atomic E-state index is 4.81. The molecule has 0 spiro atoms. The molecule has 1 aliphatic carbocycles. The molecule has 2 heterocycles. The summed E-state index contributed by atoms with van der Waals surface area (Å²) < 4.78 is 2.25. The standard InChI is InChI=1S/C13H21N3/c1-13(2)9-15(3)8-12-7-11(14-16(12)13)6-10-4-5-10/h7,10H,4-6,8-9H2,1-3H3. The van der Waals surface area contributed by atoms with Crippen molar-refractivity contribution in [2.24, 2.45) is 5.92 Å². The van der Waals surface area contributed by atoms with Gasteiger partial charge < -0.3 is 0 Å². The van der Waals surface area contributed by atoms with Crippen LogP contribution in [0.25, 0.3) is 0 Å². The van der Waals surface area contributed by atoms with Gasteiger partial charge in [0.25, 0.3) is 0 Å². The van der Waals surface area contributed by atoms with Gasteiger partial charge in [0, 0.05) is 13.1 Å². The molecular weight excluding hydrogens is 198 g/mol. The van der Waals surface area contributed by atoms with Crippen LogP contribution in [0.15, 0.2) is 6.07 Å². The maximum Gasteiger partial charge on any atom is 0.0701 e. The molecule has 1 fully saturated rings. The molecule has 0 N–H and O–H groups in total. The lowest BCUT2D eigenvalue weighted by Crippen LogP contribution is -2.45. The first kappa shape index (κ1) is 10.3. The van der Waals surface area contributed by atoms with Gasteiger partial charge in [0.2, 0.25) is 0 Å². The third-order valence-electron chi connectivity index (χ3n) is 3.69. The van der Waals surface area contributed by atoms with Gasteiger partial charge in [-0.05, 0) is 52.1 Å². The van der Waals surface area contributed by atoms with Crippen molar-refractivity contribution in [2.45, 2.75) is 45.2 Å². The molecule has 3 heteroatoms. The quantitative estimate of drug-likeness (QED) is 0.758. The van der Waals surface area contributed by atoms with E-state index in [0.29, 0.717) is 0 Å². The summed E-state index contributed by atoms with van der Waals surface area (Å²) in [6, 6.07) is 2.32. The zero-order chi connectivity index (χ0) is 11.3. The fourth-order valence-corrected chi connectivity index (χ4v) is 2.89. The molecule has 1 aromatic heterocycles. The van der Waals surface area contributed by atoms with Crippen molar-refractivity contribution in [3.05, 3.63) is 17.5 Å². The van der Waals surface area contributed by atoms with E-state index in [1.54, 1.807) is 0 Å². The number of hydrogen-bond donors (Lipinski definition) is 0. The van der Waals surface area contributed by atoms with E-state index < -0.39 is 0 Å². The number of fused-ring (bicyclic) bond motifs is 1. The molecule has 1 aromatic rings. The van der Waals surface area contributed by atoms with Gasteiger partial charge in [0.1, 0.15) is 0 Å². The molecule has 16 heavy (non-hydrogen) atoms. The molecule has 1 aliphatic heterocycles. The minimum absolute atomic E-state index is 0.143. The molecule has 0 radical (unpaired) electrons. The zero-order valence-electron chi connectivity index (χ0n) is 10.5. The first-order valence-corrected chi connectivity index (χ1v) is 6.31. The third kappa shape index (κ3) is 1.77. The van der Waals surface area contributed by atoms with Crippen LogP contribution in [0, 0.1) is 5.92 Å². The topological polar surface area (TPSA) is 21.1 Å². The molecule has 88 valence electrons. The Balaban J connectivity index is 1.91. The van der Waals surface area contributed by atoms with Gasteiger partial charge in [-0.3, -0.25) is 9.58 Å². The molecule has 0 bridgehead atoms. The Morgan fingerprint density at radius 2 is 2.19 bits per heavy atom. The molecule has 2 aliphatic rings. The summed E-state index contributed by atoms with van der Waals surface area (Å²) in [5.41, 5.74) is 2.83. The minimum atomic E-state index is 0.143.